The molecule has 0 fully saturated rings. The van der Waals surface area contributed by atoms with Gasteiger partial charge in [-0.05, 0) is 40.2 Å². The van der Waals surface area contributed by atoms with Crippen LogP contribution in [0.25, 0.3) is 0 Å². The average Bonchev–Trinajstić information content (AvgIpc) is 2.39. The largest absolute Gasteiger partial charge is 0.481 e. The minimum Gasteiger partial charge on any atom is -0.481 e. The van der Waals surface area contributed by atoms with Crippen molar-refractivity contribution in [1.29, 1.82) is 0 Å². The first-order valence-electron chi connectivity index (χ1n) is 7.08. The number of esters is 1. The molecular formula is C14H29ClN2O6. The molecule has 138 valence electrons. The van der Waals surface area contributed by atoms with Crippen molar-refractivity contribution in [3.63, 3.8) is 0 Å². The Bertz CT molecular complexity index is 345. The van der Waals surface area contributed by atoms with Gasteiger partial charge in [0.2, 0.25) is 0 Å². The van der Waals surface area contributed by atoms with Gasteiger partial charge in [-0.3, -0.25) is 9.59 Å². The van der Waals surface area contributed by atoms with Crippen LogP contribution in [-0.2, 0) is 19.1 Å². The SMILES string of the molecule is CC(C)(C)OC(=O)NCCCC(=O)O.COC(=O)CCCN.Cl. The summed E-state index contributed by atoms with van der Waals surface area (Å²) in [6.45, 7) is 6.17. The van der Waals surface area contributed by atoms with Crippen LogP contribution in [-0.4, -0.2) is 48.9 Å². The molecule has 0 saturated heterocycles. The minimum atomic E-state index is -0.865. The van der Waals surface area contributed by atoms with Crippen molar-refractivity contribution in [3.8, 4) is 0 Å². The van der Waals surface area contributed by atoms with E-state index >= 15 is 0 Å². The fourth-order valence-corrected chi connectivity index (χ4v) is 1.09. The predicted octanol–water partition coefficient (Wildman–Crippen LogP) is 1.70. The molecule has 0 aromatic carbocycles. The summed E-state index contributed by atoms with van der Waals surface area (Å²) >= 11 is 0. The van der Waals surface area contributed by atoms with E-state index < -0.39 is 17.7 Å². The number of methoxy groups -OCH3 is 1. The van der Waals surface area contributed by atoms with Gasteiger partial charge in [0.15, 0.2) is 0 Å². The van der Waals surface area contributed by atoms with Crippen LogP contribution in [0.2, 0.25) is 0 Å². The van der Waals surface area contributed by atoms with E-state index in [1.54, 1.807) is 20.8 Å². The lowest BCUT2D eigenvalue weighted by molar-refractivity contribution is -0.140. The quantitative estimate of drug-likeness (QED) is 0.467. The van der Waals surface area contributed by atoms with Gasteiger partial charge in [0.25, 0.3) is 0 Å². The summed E-state index contributed by atoms with van der Waals surface area (Å²) in [5.74, 6) is -1.05. The number of carboxylic acids is 1. The first-order chi connectivity index (χ1) is 10.1. The van der Waals surface area contributed by atoms with Crippen LogP contribution in [0, 0.1) is 0 Å². The van der Waals surface area contributed by atoms with Crippen LogP contribution in [0.15, 0.2) is 0 Å². The van der Waals surface area contributed by atoms with E-state index in [2.05, 4.69) is 10.1 Å². The van der Waals surface area contributed by atoms with E-state index in [1.165, 1.54) is 7.11 Å². The van der Waals surface area contributed by atoms with E-state index in [-0.39, 0.29) is 24.8 Å². The first kappa shape index (κ1) is 26.4. The Morgan fingerprint density at radius 1 is 1.13 bits per heavy atom. The molecule has 0 atom stereocenters. The van der Waals surface area contributed by atoms with Crippen molar-refractivity contribution in [2.45, 2.75) is 52.1 Å². The van der Waals surface area contributed by atoms with Gasteiger partial charge >= 0.3 is 18.0 Å². The molecule has 0 aromatic rings. The number of carbonyl (C=O) groups excluding carboxylic acids is 2. The number of halogens is 1. The number of aliphatic carboxylic acids is 1. The first-order valence-corrected chi connectivity index (χ1v) is 7.08. The second-order valence-electron chi connectivity index (χ2n) is 5.39. The summed E-state index contributed by atoms with van der Waals surface area (Å²) in [5.41, 5.74) is 4.61. The third-order valence-corrected chi connectivity index (χ3v) is 2.05. The molecule has 0 bridgehead atoms. The highest BCUT2D eigenvalue weighted by atomic mass is 35.5. The van der Waals surface area contributed by atoms with Crippen LogP contribution in [0.3, 0.4) is 0 Å². The molecule has 0 saturated carbocycles. The molecule has 0 unspecified atom stereocenters. The zero-order chi connectivity index (χ0) is 17.6. The zero-order valence-corrected chi connectivity index (χ0v) is 15.0. The number of nitrogens with one attached hydrogen (secondary N) is 1. The van der Waals surface area contributed by atoms with Crippen molar-refractivity contribution in [2.75, 3.05) is 20.2 Å². The lowest BCUT2D eigenvalue weighted by Gasteiger charge is -2.19. The van der Waals surface area contributed by atoms with E-state index in [0.717, 1.165) is 0 Å². The van der Waals surface area contributed by atoms with Gasteiger partial charge in [-0.1, -0.05) is 0 Å². The second-order valence-corrected chi connectivity index (χ2v) is 5.39. The van der Waals surface area contributed by atoms with Crippen molar-refractivity contribution in [3.05, 3.63) is 0 Å². The fourth-order valence-electron chi connectivity index (χ4n) is 1.09. The summed E-state index contributed by atoms with van der Waals surface area (Å²) in [6.07, 6.45) is 1.10. The number of nitrogens with two attached hydrogens (primary N) is 1. The summed E-state index contributed by atoms with van der Waals surface area (Å²) < 4.78 is 9.31. The van der Waals surface area contributed by atoms with Gasteiger partial charge in [-0.15, -0.1) is 12.4 Å². The van der Waals surface area contributed by atoms with E-state index in [0.29, 0.717) is 32.4 Å². The molecule has 8 nitrogen and oxygen atoms in total. The number of ether oxygens (including phenoxy) is 2. The standard InChI is InChI=1S/C9H17NO4.C5H11NO2.ClH/c1-9(2,3)14-8(13)10-6-4-5-7(11)12;1-8-5(7)3-2-4-6;/h4-6H2,1-3H3,(H,10,13)(H,11,12);2-4,6H2,1H3;1H. The summed E-state index contributed by atoms with van der Waals surface area (Å²) in [6, 6.07) is 0. The highest BCUT2D eigenvalue weighted by molar-refractivity contribution is 5.85. The molecule has 0 aliphatic heterocycles. The van der Waals surface area contributed by atoms with Crippen LogP contribution in [0.5, 0.6) is 0 Å². The molecule has 1 amide bonds. The molecule has 0 aromatic heterocycles. The molecule has 0 rings (SSSR count). The van der Waals surface area contributed by atoms with E-state index in [9.17, 15) is 14.4 Å². The maximum atomic E-state index is 11.0. The minimum absolute atomic E-state index is 0. The van der Waals surface area contributed by atoms with Crippen LogP contribution in [0.1, 0.15) is 46.5 Å². The molecule has 9 heteroatoms. The lowest BCUT2D eigenvalue weighted by Crippen LogP contribution is -2.33. The Hall–Kier alpha value is -1.54. The Morgan fingerprint density at radius 3 is 2.09 bits per heavy atom. The number of alkyl carbamates (subject to hydrolysis) is 1. The van der Waals surface area contributed by atoms with E-state index in [1.807, 2.05) is 0 Å². The Morgan fingerprint density at radius 2 is 1.70 bits per heavy atom. The number of hydrogen-bond donors (Lipinski definition) is 3. The topological polar surface area (TPSA) is 128 Å². The maximum Gasteiger partial charge on any atom is 0.407 e. The van der Waals surface area contributed by atoms with Gasteiger partial charge < -0.3 is 25.6 Å². The van der Waals surface area contributed by atoms with Crippen molar-refractivity contribution in [2.24, 2.45) is 5.73 Å². The predicted molar refractivity (Wildman–Crippen MR) is 88.7 cm³/mol. The highest BCUT2D eigenvalue weighted by Gasteiger charge is 2.15. The van der Waals surface area contributed by atoms with Crippen LogP contribution < -0.4 is 11.1 Å². The third-order valence-electron chi connectivity index (χ3n) is 2.05. The Balaban J connectivity index is -0.000000382. The van der Waals surface area contributed by atoms with Crippen molar-refractivity contribution < 1.29 is 29.0 Å². The summed E-state index contributed by atoms with van der Waals surface area (Å²) in [4.78, 5) is 31.4. The molecular weight excluding hydrogens is 328 g/mol. The second kappa shape index (κ2) is 15.4. The number of amides is 1. The van der Waals surface area contributed by atoms with Gasteiger partial charge in [-0.25, -0.2) is 4.79 Å². The number of rotatable bonds is 7. The summed E-state index contributed by atoms with van der Waals surface area (Å²) in [5, 5.41) is 10.8. The maximum absolute atomic E-state index is 11.0. The molecule has 0 aliphatic rings. The lowest BCUT2D eigenvalue weighted by atomic mass is 10.2. The molecule has 23 heavy (non-hydrogen) atoms. The highest BCUT2D eigenvalue weighted by Crippen LogP contribution is 2.06. The smallest absolute Gasteiger partial charge is 0.407 e. The Kier molecular flexibility index (Phi) is 17.6. The number of hydrogen-bond acceptors (Lipinski definition) is 6. The van der Waals surface area contributed by atoms with Crippen molar-refractivity contribution in [1.82, 2.24) is 5.32 Å². The molecule has 0 radical (unpaired) electrons. The monoisotopic (exact) mass is 356 g/mol. The zero-order valence-electron chi connectivity index (χ0n) is 14.2. The van der Waals surface area contributed by atoms with Gasteiger partial charge in [-0.2, -0.15) is 0 Å². The normalized spacial score (nSPS) is 9.61. The summed E-state index contributed by atoms with van der Waals surface area (Å²) in [7, 11) is 1.37. The molecule has 4 N–H and O–H groups in total. The van der Waals surface area contributed by atoms with Gasteiger partial charge in [0.1, 0.15) is 5.60 Å². The average molecular weight is 357 g/mol. The number of carbonyl (C=O) groups is 3. The van der Waals surface area contributed by atoms with Crippen LogP contribution in [0.4, 0.5) is 4.79 Å². The molecule has 0 spiro atoms. The van der Waals surface area contributed by atoms with Gasteiger partial charge in [0, 0.05) is 19.4 Å². The van der Waals surface area contributed by atoms with E-state index in [4.69, 9.17) is 15.6 Å². The number of carboxylic acid groups (broad SMARTS) is 1. The van der Waals surface area contributed by atoms with Gasteiger partial charge in [0.05, 0.1) is 7.11 Å². The van der Waals surface area contributed by atoms with Crippen molar-refractivity contribution >= 4 is 30.4 Å². The van der Waals surface area contributed by atoms with Crippen LogP contribution >= 0.6 is 12.4 Å². The molecule has 0 heterocycles. The molecule has 0 aliphatic carbocycles. The third kappa shape index (κ3) is 25.7. The Labute approximate surface area is 143 Å². The fraction of sp³-hybridized carbons (Fsp3) is 0.786.